The minimum atomic E-state index is 0.621. The molecule has 0 aromatic heterocycles. The van der Waals surface area contributed by atoms with E-state index in [1.165, 1.54) is 0 Å². The smallest absolute Gasteiger partial charge is 0.150 e. The largest absolute Gasteiger partial charge is 0.491 e. The Morgan fingerprint density at radius 1 is 1.38 bits per heavy atom. The van der Waals surface area contributed by atoms with Gasteiger partial charge < -0.3 is 4.74 Å². The van der Waals surface area contributed by atoms with E-state index in [1.54, 1.807) is 23.9 Å². The van der Waals surface area contributed by atoms with E-state index in [4.69, 9.17) is 4.74 Å². The molecular weight excluding hydrogens is 356 g/mol. The molecule has 0 aliphatic heterocycles. The molecule has 0 bridgehead atoms. The van der Waals surface area contributed by atoms with Gasteiger partial charge in [-0.1, -0.05) is 0 Å². The number of thioether (sulfide) groups is 1. The van der Waals surface area contributed by atoms with Crippen molar-refractivity contribution in [2.45, 2.75) is 6.42 Å². The summed E-state index contributed by atoms with van der Waals surface area (Å²) in [6, 6.07) is 3.50. The number of hydrogen-bond donors (Lipinski definition) is 0. The molecule has 0 amide bonds. The molecule has 1 aromatic carbocycles. The number of carbonyl (C=O) groups excluding carboxylic acids is 1. The zero-order valence-corrected chi connectivity index (χ0v) is 12.8. The zero-order valence-electron chi connectivity index (χ0n) is 8.83. The summed E-state index contributed by atoms with van der Waals surface area (Å²) in [4.78, 5) is 10.6. The van der Waals surface area contributed by atoms with Gasteiger partial charge in [0.1, 0.15) is 12.0 Å². The molecule has 0 heterocycles. The van der Waals surface area contributed by atoms with Crippen molar-refractivity contribution in [1.29, 1.82) is 0 Å². The second-order valence-corrected chi connectivity index (χ2v) is 5.82. The number of ether oxygens (including phenoxy) is 1. The normalized spacial score (nSPS) is 10.2. The first-order valence-corrected chi connectivity index (χ1v) is 7.73. The Morgan fingerprint density at radius 2 is 2.00 bits per heavy atom. The van der Waals surface area contributed by atoms with Crippen molar-refractivity contribution in [3.63, 3.8) is 0 Å². The SMILES string of the molecule is CSCCCOc1c(Br)cc(C=O)cc1Br. The van der Waals surface area contributed by atoms with Crippen molar-refractivity contribution < 1.29 is 9.53 Å². The maximum atomic E-state index is 10.6. The van der Waals surface area contributed by atoms with E-state index < -0.39 is 0 Å². The first kappa shape index (κ1) is 14.1. The van der Waals surface area contributed by atoms with Crippen molar-refractivity contribution in [3.8, 4) is 5.75 Å². The third-order valence-corrected chi connectivity index (χ3v) is 3.77. The van der Waals surface area contributed by atoms with Crippen LogP contribution in [0.5, 0.6) is 5.75 Å². The van der Waals surface area contributed by atoms with Gasteiger partial charge in [0.05, 0.1) is 15.6 Å². The maximum absolute atomic E-state index is 10.6. The molecule has 2 nitrogen and oxygen atoms in total. The summed E-state index contributed by atoms with van der Waals surface area (Å²) in [6.45, 7) is 0.679. The average molecular weight is 368 g/mol. The van der Waals surface area contributed by atoms with E-state index in [0.29, 0.717) is 12.2 Å². The van der Waals surface area contributed by atoms with Gasteiger partial charge in [0.15, 0.2) is 0 Å². The maximum Gasteiger partial charge on any atom is 0.150 e. The average Bonchev–Trinajstić information content (AvgIpc) is 2.26. The molecule has 1 aromatic rings. The minimum absolute atomic E-state index is 0.621. The third kappa shape index (κ3) is 4.11. The molecule has 0 atom stereocenters. The van der Waals surface area contributed by atoms with E-state index in [0.717, 1.165) is 33.2 Å². The first-order valence-electron chi connectivity index (χ1n) is 4.75. The predicted octanol–water partition coefficient (Wildman–Crippen LogP) is 4.16. The van der Waals surface area contributed by atoms with Crippen LogP contribution < -0.4 is 4.74 Å². The Hall–Kier alpha value is -0.000000000000000111. The summed E-state index contributed by atoms with van der Waals surface area (Å²) < 4.78 is 7.24. The highest BCUT2D eigenvalue weighted by Gasteiger charge is 2.08. The van der Waals surface area contributed by atoms with Gasteiger partial charge in [-0.05, 0) is 62.4 Å². The number of carbonyl (C=O) groups is 1. The van der Waals surface area contributed by atoms with Crippen LogP contribution in [-0.4, -0.2) is 24.9 Å². The molecule has 0 saturated carbocycles. The lowest BCUT2D eigenvalue weighted by atomic mass is 10.2. The molecule has 0 aliphatic carbocycles. The summed E-state index contributed by atoms with van der Waals surface area (Å²) in [5.41, 5.74) is 0.621. The lowest BCUT2D eigenvalue weighted by molar-refractivity contribution is 0.112. The van der Waals surface area contributed by atoms with E-state index in [-0.39, 0.29) is 0 Å². The summed E-state index contributed by atoms with van der Waals surface area (Å²) >= 11 is 8.58. The van der Waals surface area contributed by atoms with E-state index in [9.17, 15) is 4.79 Å². The Bertz CT molecular complexity index is 346. The van der Waals surface area contributed by atoms with Gasteiger partial charge in [-0.15, -0.1) is 0 Å². The molecule has 0 saturated heterocycles. The first-order chi connectivity index (χ1) is 7.69. The highest BCUT2D eigenvalue weighted by atomic mass is 79.9. The lowest BCUT2D eigenvalue weighted by Gasteiger charge is -2.10. The molecular formula is C11H12Br2O2S. The Balaban J connectivity index is 2.69. The van der Waals surface area contributed by atoms with Crippen molar-refractivity contribution in [3.05, 3.63) is 26.6 Å². The molecule has 5 heteroatoms. The molecule has 0 fully saturated rings. The van der Waals surface area contributed by atoms with Crippen LogP contribution in [0.25, 0.3) is 0 Å². The van der Waals surface area contributed by atoms with Crippen molar-refractivity contribution in [2.24, 2.45) is 0 Å². The van der Waals surface area contributed by atoms with Crippen LogP contribution in [0.4, 0.5) is 0 Å². The van der Waals surface area contributed by atoms with Crippen molar-refractivity contribution in [2.75, 3.05) is 18.6 Å². The second kappa shape index (κ2) is 7.35. The monoisotopic (exact) mass is 366 g/mol. The van der Waals surface area contributed by atoms with Gasteiger partial charge in [-0.25, -0.2) is 0 Å². The molecule has 16 heavy (non-hydrogen) atoms. The highest BCUT2D eigenvalue weighted by Crippen LogP contribution is 2.34. The van der Waals surface area contributed by atoms with E-state index in [1.807, 2.05) is 0 Å². The molecule has 0 aliphatic rings. The second-order valence-electron chi connectivity index (χ2n) is 3.13. The van der Waals surface area contributed by atoms with Gasteiger partial charge in [0, 0.05) is 5.56 Å². The molecule has 1 rings (SSSR count). The molecule has 0 spiro atoms. The molecule has 0 N–H and O–H groups in total. The topological polar surface area (TPSA) is 26.3 Å². The number of benzene rings is 1. The highest BCUT2D eigenvalue weighted by molar-refractivity contribution is 9.11. The van der Waals surface area contributed by atoms with Gasteiger partial charge in [0.2, 0.25) is 0 Å². The van der Waals surface area contributed by atoms with E-state index in [2.05, 4.69) is 38.1 Å². The number of rotatable bonds is 6. The van der Waals surface area contributed by atoms with Gasteiger partial charge in [0.25, 0.3) is 0 Å². The summed E-state index contributed by atoms with van der Waals surface area (Å²) in [5, 5.41) is 0. The van der Waals surface area contributed by atoms with Crippen LogP contribution in [0.15, 0.2) is 21.1 Å². The predicted molar refractivity (Wildman–Crippen MR) is 75.7 cm³/mol. The Labute approximate surface area is 116 Å². The lowest BCUT2D eigenvalue weighted by Crippen LogP contribution is -2.00. The number of halogens is 2. The summed E-state index contributed by atoms with van der Waals surface area (Å²) in [7, 11) is 0. The van der Waals surface area contributed by atoms with Crippen molar-refractivity contribution in [1.82, 2.24) is 0 Å². The molecule has 88 valence electrons. The van der Waals surface area contributed by atoms with Crippen LogP contribution >= 0.6 is 43.6 Å². The van der Waals surface area contributed by atoms with Crippen LogP contribution in [0.2, 0.25) is 0 Å². The van der Waals surface area contributed by atoms with Crippen LogP contribution in [-0.2, 0) is 0 Å². The number of hydrogen-bond acceptors (Lipinski definition) is 3. The number of aldehydes is 1. The Morgan fingerprint density at radius 3 is 2.50 bits per heavy atom. The molecule has 0 unspecified atom stereocenters. The fourth-order valence-electron chi connectivity index (χ4n) is 1.16. The fourth-order valence-corrected chi connectivity index (χ4v) is 3.02. The van der Waals surface area contributed by atoms with Crippen molar-refractivity contribution >= 4 is 49.9 Å². The standard InChI is InChI=1S/C11H12Br2O2S/c1-16-4-2-3-15-11-9(12)5-8(7-14)6-10(11)13/h5-7H,2-4H2,1H3. The Kier molecular flexibility index (Phi) is 6.46. The zero-order chi connectivity index (χ0) is 12.0. The van der Waals surface area contributed by atoms with Gasteiger partial charge in [-0.2, -0.15) is 11.8 Å². The summed E-state index contributed by atoms with van der Waals surface area (Å²) in [6.07, 6.45) is 3.90. The third-order valence-electron chi connectivity index (χ3n) is 1.90. The van der Waals surface area contributed by atoms with Gasteiger partial charge in [-0.3, -0.25) is 4.79 Å². The molecule has 0 radical (unpaired) electrons. The fraction of sp³-hybridized carbons (Fsp3) is 0.364. The van der Waals surface area contributed by atoms with E-state index >= 15 is 0 Å². The quantitative estimate of drug-likeness (QED) is 0.557. The van der Waals surface area contributed by atoms with Crippen LogP contribution in [0, 0.1) is 0 Å². The van der Waals surface area contributed by atoms with Crippen LogP contribution in [0.1, 0.15) is 16.8 Å². The van der Waals surface area contributed by atoms with Crippen LogP contribution in [0.3, 0.4) is 0 Å². The minimum Gasteiger partial charge on any atom is -0.491 e. The van der Waals surface area contributed by atoms with Gasteiger partial charge >= 0.3 is 0 Å². The summed E-state index contributed by atoms with van der Waals surface area (Å²) in [5.74, 6) is 1.84.